The van der Waals surface area contributed by atoms with Gasteiger partial charge in [-0.3, -0.25) is 0 Å². The lowest BCUT2D eigenvalue weighted by Crippen LogP contribution is -2.30. The summed E-state index contributed by atoms with van der Waals surface area (Å²) in [7, 11) is 0. The molecule has 0 radical (unpaired) electrons. The van der Waals surface area contributed by atoms with Crippen LogP contribution in [0.2, 0.25) is 0 Å². The number of aromatic nitrogens is 1. The molecular formula is C21H26N2S. The van der Waals surface area contributed by atoms with Gasteiger partial charge < -0.3 is 4.98 Å². The van der Waals surface area contributed by atoms with Crippen LogP contribution in [0.25, 0.3) is 10.9 Å². The predicted molar refractivity (Wildman–Crippen MR) is 108 cm³/mol. The van der Waals surface area contributed by atoms with E-state index in [1.165, 1.54) is 16.5 Å². The minimum Gasteiger partial charge on any atom is -0.361 e. The lowest BCUT2D eigenvalue weighted by molar-refractivity contribution is 0.314. The van der Waals surface area contributed by atoms with Gasteiger partial charge in [0.2, 0.25) is 0 Å². The molecule has 0 aliphatic rings. The van der Waals surface area contributed by atoms with Crippen LogP contribution in [-0.4, -0.2) is 16.2 Å². The SMILES string of the molecule is C=C[C@@](C)(CCC=C(C)C)[C@@H](Cc1c[nH]c2ccccc12)N=C=S. The Labute approximate surface area is 150 Å². The Morgan fingerprint density at radius 2 is 2.17 bits per heavy atom. The minimum absolute atomic E-state index is 0.0391. The van der Waals surface area contributed by atoms with E-state index < -0.39 is 0 Å². The van der Waals surface area contributed by atoms with E-state index in [1.54, 1.807) is 0 Å². The summed E-state index contributed by atoms with van der Waals surface area (Å²) in [6, 6.07) is 8.39. The number of aliphatic imine (C=N–C) groups is 1. The number of hydrogen-bond donors (Lipinski definition) is 1. The molecule has 1 N–H and O–H groups in total. The minimum atomic E-state index is -0.115. The molecule has 24 heavy (non-hydrogen) atoms. The smallest absolute Gasteiger partial charge is 0.0731 e. The van der Waals surface area contributed by atoms with E-state index in [2.05, 4.69) is 73.0 Å². The van der Waals surface area contributed by atoms with Gasteiger partial charge in [0.05, 0.1) is 11.2 Å². The third-order valence-corrected chi connectivity index (χ3v) is 4.87. The number of nitrogens with zero attached hydrogens (tertiary/aromatic N) is 1. The van der Waals surface area contributed by atoms with Crippen molar-refractivity contribution in [3.8, 4) is 0 Å². The first-order valence-corrected chi connectivity index (χ1v) is 8.80. The summed E-state index contributed by atoms with van der Waals surface area (Å²) in [6.07, 6.45) is 9.21. The predicted octanol–water partition coefficient (Wildman–Crippen LogP) is 6.12. The number of H-pyrrole nitrogens is 1. The second-order valence-corrected chi connectivity index (χ2v) is 7.01. The number of para-hydroxylation sites is 1. The standard InChI is InChI=1S/C21H26N2S/c1-5-21(4,12-8-9-16(2)3)20(23-15-24)13-17-14-22-19-11-7-6-10-18(17)19/h5-7,9-11,14,20,22H,1,8,12-13H2,2-4H3/t20-,21+/m1/s1. The van der Waals surface area contributed by atoms with Crippen LogP contribution in [0.15, 0.2) is 59.8 Å². The molecule has 0 spiro atoms. The molecule has 0 aliphatic carbocycles. The van der Waals surface area contributed by atoms with Gasteiger partial charge in [0.25, 0.3) is 0 Å². The molecular weight excluding hydrogens is 312 g/mol. The average molecular weight is 339 g/mol. The number of aromatic amines is 1. The Hall–Kier alpha value is -1.96. The number of thiocarbonyl (C=S) groups is 1. The molecule has 2 rings (SSSR count). The van der Waals surface area contributed by atoms with Crippen molar-refractivity contribution < 1.29 is 0 Å². The van der Waals surface area contributed by atoms with Gasteiger partial charge >= 0.3 is 0 Å². The summed E-state index contributed by atoms with van der Waals surface area (Å²) in [6.45, 7) is 10.5. The van der Waals surface area contributed by atoms with Crippen molar-refractivity contribution in [3.05, 3.63) is 60.3 Å². The number of hydrogen-bond acceptors (Lipinski definition) is 2. The lowest BCUT2D eigenvalue weighted by Gasteiger charge is -2.31. The molecule has 0 saturated carbocycles. The maximum Gasteiger partial charge on any atom is 0.0731 e. The van der Waals surface area contributed by atoms with Crippen LogP contribution in [0.3, 0.4) is 0 Å². The maximum atomic E-state index is 4.92. The summed E-state index contributed by atoms with van der Waals surface area (Å²) in [5, 5.41) is 3.85. The summed E-state index contributed by atoms with van der Waals surface area (Å²) in [5.74, 6) is 0. The van der Waals surface area contributed by atoms with Crippen LogP contribution >= 0.6 is 12.2 Å². The third-order valence-electron chi connectivity index (χ3n) is 4.76. The lowest BCUT2D eigenvalue weighted by atomic mass is 9.76. The normalized spacial score (nSPS) is 14.5. The van der Waals surface area contributed by atoms with E-state index in [0.29, 0.717) is 0 Å². The van der Waals surface area contributed by atoms with Crippen molar-refractivity contribution in [2.75, 3.05) is 0 Å². The molecule has 0 aliphatic heterocycles. The second-order valence-electron chi connectivity index (χ2n) is 6.83. The van der Waals surface area contributed by atoms with Gasteiger partial charge in [-0.2, -0.15) is 0 Å². The van der Waals surface area contributed by atoms with Crippen LogP contribution < -0.4 is 0 Å². The van der Waals surface area contributed by atoms with E-state index in [9.17, 15) is 0 Å². The number of benzene rings is 1. The fraction of sp³-hybridized carbons (Fsp3) is 0.381. The molecule has 0 unspecified atom stereocenters. The van der Waals surface area contributed by atoms with E-state index in [1.807, 2.05) is 12.1 Å². The molecule has 0 bridgehead atoms. The zero-order valence-corrected chi connectivity index (χ0v) is 15.6. The van der Waals surface area contributed by atoms with E-state index in [0.717, 1.165) is 24.8 Å². The number of allylic oxidation sites excluding steroid dienone is 2. The quantitative estimate of drug-likeness (QED) is 0.350. The van der Waals surface area contributed by atoms with E-state index >= 15 is 0 Å². The first kappa shape index (κ1) is 18.4. The monoisotopic (exact) mass is 338 g/mol. The Morgan fingerprint density at radius 1 is 1.42 bits per heavy atom. The van der Waals surface area contributed by atoms with Gasteiger partial charge in [-0.05, 0) is 57.0 Å². The van der Waals surface area contributed by atoms with Gasteiger partial charge in [0.15, 0.2) is 0 Å². The largest absolute Gasteiger partial charge is 0.361 e. The highest BCUT2D eigenvalue weighted by atomic mass is 32.1. The molecule has 2 atom stereocenters. The zero-order valence-electron chi connectivity index (χ0n) is 14.8. The fourth-order valence-electron chi connectivity index (χ4n) is 3.08. The first-order chi connectivity index (χ1) is 11.5. The van der Waals surface area contributed by atoms with Crippen LogP contribution in [0.5, 0.6) is 0 Å². The average Bonchev–Trinajstić information content (AvgIpc) is 2.97. The number of isothiocyanates is 1. The van der Waals surface area contributed by atoms with Gasteiger partial charge in [0, 0.05) is 22.5 Å². The molecule has 0 saturated heterocycles. The first-order valence-electron chi connectivity index (χ1n) is 8.39. The summed E-state index contributed by atoms with van der Waals surface area (Å²) >= 11 is 4.92. The molecule has 1 heterocycles. The molecule has 3 heteroatoms. The molecule has 0 amide bonds. The van der Waals surface area contributed by atoms with Crippen LogP contribution in [0, 0.1) is 5.41 Å². The molecule has 2 aromatic rings. The van der Waals surface area contributed by atoms with Crippen molar-refractivity contribution in [1.82, 2.24) is 4.98 Å². The third kappa shape index (κ3) is 4.31. The summed E-state index contributed by atoms with van der Waals surface area (Å²) in [4.78, 5) is 7.85. The van der Waals surface area contributed by atoms with Crippen molar-refractivity contribution >= 4 is 28.3 Å². The van der Waals surface area contributed by atoms with Crippen LogP contribution in [-0.2, 0) is 6.42 Å². The number of nitrogens with one attached hydrogen (secondary N) is 1. The Kier molecular flexibility index (Phi) is 6.30. The van der Waals surface area contributed by atoms with Crippen molar-refractivity contribution in [2.24, 2.45) is 10.4 Å². The topological polar surface area (TPSA) is 28.1 Å². The highest BCUT2D eigenvalue weighted by Crippen LogP contribution is 2.35. The van der Waals surface area contributed by atoms with Crippen molar-refractivity contribution in [3.63, 3.8) is 0 Å². The van der Waals surface area contributed by atoms with Gasteiger partial charge in [0.1, 0.15) is 0 Å². The Morgan fingerprint density at radius 3 is 2.83 bits per heavy atom. The molecule has 126 valence electrons. The summed E-state index contributed by atoms with van der Waals surface area (Å²) < 4.78 is 0. The molecule has 1 aromatic heterocycles. The van der Waals surface area contributed by atoms with E-state index in [-0.39, 0.29) is 11.5 Å². The fourth-order valence-corrected chi connectivity index (χ4v) is 3.20. The Balaban J connectivity index is 2.28. The highest BCUT2D eigenvalue weighted by Gasteiger charge is 2.31. The van der Waals surface area contributed by atoms with Gasteiger partial charge in [-0.15, -0.1) is 6.58 Å². The summed E-state index contributed by atoms with van der Waals surface area (Å²) in [5.41, 5.74) is 3.64. The number of fused-ring (bicyclic) bond motifs is 1. The molecule has 0 fully saturated rings. The second kappa shape index (κ2) is 8.23. The Bertz CT molecular complexity index is 776. The van der Waals surface area contributed by atoms with Crippen LogP contribution in [0.4, 0.5) is 0 Å². The number of rotatable bonds is 8. The maximum absolute atomic E-state index is 4.92. The van der Waals surface area contributed by atoms with Gasteiger partial charge in [-0.1, -0.05) is 42.8 Å². The van der Waals surface area contributed by atoms with Crippen molar-refractivity contribution in [2.45, 2.75) is 46.1 Å². The van der Waals surface area contributed by atoms with Crippen LogP contribution in [0.1, 0.15) is 39.2 Å². The molecule has 1 aromatic carbocycles. The molecule has 2 nitrogen and oxygen atoms in total. The van der Waals surface area contributed by atoms with Gasteiger partial charge in [-0.25, -0.2) is 4.99 Å². The highest BCUT2D eigenvalue weighted by molar-refractivity contribution is 7.78. The zero-order chi connectivity index (χ0) is 17.6. The van der Waals surface area contributed by atoms with E-state index in [4.69, 9.17) is 12.2 Å². The van der Waals surface area contributed by atoms with Crippen molar-refractivity contribution in [1.29, 1.82) is 0 Å².